The van der Waals surface area contributed by atoms with Gasteiger partial charge >= 0.3 is 12.0 Å². The number of benzene rings is 2. The highest BCUT2D eigenvalue weighted by molar-refractivity contribution is 7.99. The van der Waals surface area contributed by atoms with E-state index < -0.39 is 29.4 Å². The van der Waals surface area contributed by atoms with E-state index in [0.717, 1.165) is 29.0 Å². The van der Waals surface area contributed by atoms with Crippen LogP contribution in [0.1, 0.15) is 21.5 Å². The molecular weight excluding hydrogens is 464 g/mol. The molecular formula is C21H20N6O6S. The highest BCUT2D eigenvalue weighted by Crippen LogP contribution is 2.34. The van der Waals surface area contributed by atoms with Crippen molar-refractivity contribution in [3.63, 3.8) is 0 Å². The predicted molar refractivity (Wildman–Crippen MR) is 122 cm³/mol. The molecule has 12 nitrogen and oxygen atoms in total. The highest BCUT2D eigenvalue weighted by atomic mass is 32.2. The van der Waals surface area contributed by atoms with Gasteiger partial charge in [0.2, 0.25) is 0 Å². The molecule has 13 heteroatoms. The van der Waals surface area contributed by atoms with Crippen molar-refractivity contribution in [2.45, 2.75) is 23.9 Å². The molecule has 3 aromatic rings. The molecule has 2 aromatic carbocycles. The Morgan fingerprint density at radius 1 is 1.18 bits per heavy atom. The minimum Gasteiger partial charge on any atom is -0.452 e. The van der Waals surface area contributed by atoms with E-state index in [2.05, 4.69) is 20.8 Å². The fourth-order valence-electron chi connectivity index (χ4n) is 2.82. The summed E-state index contributed by atoms with van der Waals surface area (Å²) < 4.78 is 6.48. The summed E-state index contributed by atoms with van der Waals surface area (Å²) in [5.41, 5.74) is 1.91. The topological polar surface area (TPSA) is 158 Å². The van der Waals surface area contributed by atoms with Gasteiger partial charge in [0.15, 0.2) is 11.8 Å². The lowest BCUT2D eigenvalue weighted by Gasteiger charge is -2.10. The quantitative estimate of drug-likeness (QED) is 0.292. The van der Waals surface area contributed by atoms with Gasteiger partial charge in [0.25, 0.3) is 11.6 Å². The lowest BCUT2D eigenvalue weighted by atomic mass is 10.1. The molecule has 1 aromatic heterocycles. The summed E-state index contributed by atoms with van der Waals surface area (Å²) in [6.07, 6.45) is 1.45. The molecule has 1 heterocycles. The number of hydrogen-bond acceptors (Lipinski definition) is 9. The van der Waals surface area contributed by atoms with Gasteiger partial charge in [-0.3, -0.25) is 20.2 Å². The summed E-state index contributed by atoms with van der Waals surface area (Å²) in [6.45, 7) is 2.97. The fourth-order valence-corrected chi connectivity index (χ4v) is 3.67. The number of nitrogens with zero attached hydrogens (tertiary/aromatic N) is 4. The summed E-state index contributed by atoms with van der Waals surface area (Å²) in [7, 11) is 1.69. The molecule has 0 spiro atoms. The maximum absolute atomic E-state index is 12.3. The van der Waals surface area contributed by atoms with Crippen LogP contribution in [0, 0.1) is 24.0 Å². The third kappa shape index (κ3) is 6.16. The van der Waals surface area contributed by atoms with Crippen LogP contribution < -0.4 is 10.6 Å². The number of carbonyl (C=O) groups is 3. The van der Waals surface area contributed by atoms with E-state index in [0.29, 0.717) is 10.8 Å². The van der Waals surface area contributed by atoms with E-state index in [1.807, 2.05) is 26.0 Å². The molecule has 3 amide bonds. The first-order valence-corrected chi connectivity index (χ1v) is 10.6. The summed E-state index contributed by atoms with van der Waals surface area (Å²) in [5, 5.41) is 24.1. The van der Waals surface area contributed by atoms with Crippen LogP contribution in [-0.4, -0.2) is 44.2 Å². The number of aromatic nitrogens is 3. The van der Waals surface area contributed by atoms with Gasteiger partial charge < -0.3 is 14.6 Å². The fraction of sp³-hybridized carbons (Fsp3) is 0.190. The maximum atomic E-state index is 12.3. The summed E-state index contributed by atoms with van der Waals surface area (Å²) in [4.78, 5) is 47.4. The van der Waals surface area contributed by atoms with Crippen LogP contribution in [-0.2, 0) is 16.6 Å². The second-order valence-corrected chi connectivity index (χ2v) is 8.17. The van der Waals surface area contributed by atoms with Gasteiger partial charge in [-0.15, -0.1) is 10.2 Å². The van der Waals surface area contributed by atoms with E-state index in [1.165, 1.54) is 18.5 Å². The zero-order chi connectivity index (χ0) is 24.8. The molecule has 0 aliphatic heterocycles. The molecule has 3 rings (SSSR count). The summed E-state index contributed by atoms with van der Waals surface area (Å²) >= 11 is 1.01. The first-order chi connectivity index (χ1) is 16.1. The molecule has 0 saturated heterocycles. The zero-order valence-corrected chi connectivity index (χ0v) is 19.2. The normalized spacial score (nSPS) is 10.4. The van der Waals surface area contributed by atoms with Gasteiger partial charge in [0, 0.05) is 18.8 Å². The Balaban J connectivity index is 1.58. The lowest BCUT2D eigenvalue weighted by Crippen LogP contribution is -2.37. The van der Waals surface area contributed by atoms with E-state index >= 15 is 0 Å². The number of carbonyl (C=O) groups excluding carboxylic acids is 3. The second kappa shape index (κ2) is 10.6. The van der Waals surface area contributed by atoms with Crippen LogP contribution >= 0.6 is 11.8 Å². The van der Waals surface area contributed by atoms with Crippen molar-refractivity contribution in [2.75, 3.05) is 11.9 Å². The van der Waals surface area contributed by atoms with Gasteiger partial charge in [-0.05, 0) is 49.4 Å². The Hall–Kier alpha value is -4.26. The summed E-state index contributed by atoms with van der Waals surface area (Å²) in [5.74, 6) is -1.82. The molecule has 0 atom stereocenters. The number of ether oxygens (including phenoxy) is 1. The van der Waals surface area contributed by atoms with Crippen LogP contribution in [0.3, 0.4) is 0 Å². The zero-order valence-electron chi connectivity index (χ0n) is 18.4. The maximum Gasteiger partial charge on any atom is 0.338 e. The molecule has 2 N–H and O–H groups in total. The number of esters is 1. The Morgan fingerprint density at radius 3 is 2.59 bits per heavy atom. The number of rotatable bonds is 7. The van der Waals surface area contributed by atoms with Gasteiger partial charge in [-0.25, -0.2) is 9.59 Å². The van der Waals surface area contributed by atoms with E-state index in [9.17, 15) is 24.5 Å². The number of urea groups is 1. The van der Waals surface area contributed by atoms with Crippen molar-refractivity contribution >= 4 is 41.0 Å². The van der Waals surface area contributed by atoms with E-state index in [-0.39, 0.29) is 16.1 Å². The van der Waals surface area contributed by atoms with Gasteiger partial charge in [-0.2, -0.15) is 0 Å². The minimum atomic E-state index is -0.955. The smallest absolute Gasteiger partial charge is 0.338 e. The number of nitro benzene ring substituents is 1. The van der Waals surface area contributed by atoms with Crippen LogP contribution in [0.15, 0.2) is 52.8 Å². The summed E-state index contributed by atoms with van der Waals surface area (Å²) in [6, 6.07) is 8.36. The lowest BCUT2D eigenvalue weighted by molar-refractivity contribution is -0.387. The Morgan fingerprint density at radius 2 is 1.94 bits per heavy atom. The SMILES string of the molecule is Cc1ccc(NC(=O)NC(=O)COC(=O)c2ccc(Sc3nncn3C)c([N+](=O)[O-])c2)c(C)c1. The molecule has 0 radical (unpaired) electrons. The van der Waals surface area contributed by atoms with E-state index in [1.54, 1.807) is 17.7 Å². The minimum absolute atomic E-state index is 0.124. The van der Waals surface area contributed by atoms with Crippen molar-refractivity contribution in [3.8, 4) is 0 Å². The predicted octanol–water partition coefficient (Wildman–Crippen LogP) is 3.00. The van der Waals surface area contributed by atoms with Gasteiger partial charge in [0.05, 0.1) is 15.4 Å². The van der Waals surface area contributed by atoms with Crippen molar-refractivity contribution in [2.24, 2.45) is 7.05 Å². The number of aryl methyl sites for hydroxylation is 3. The highest BCUT2D eigenvalue weighted by Gasteiger charge is 2.21. The van der Waals surface area contributed by atoms with Crippen molar-refractivity contribution in [1.29, 1.82) is 0 Å². The Bertz CT molecular complexity index is 1270. The third-order valence-corrected chi connectivity index (χ3v) is 5.60. The van der Waals surface area contributed by atoms with Crippen LogP contribution in [0.5, 0.6) is 0 Å². The number of amides is 3. The molecule has 0 bridgehead atoms. The monoisotopic (exact) mass is 484 g/mol. The molecule has 0 fully saturated rings. The van der Waals surface area contributed by atoms with Crippen molar-refractivity contribution in [1.82, 2.24) is 20.1 Å². The average Bonchev–Trinajstić information content (AvgIpc) is 3.18. The van der Waals surface area contributed by atoms with Gasteiger partial charge in [-0.1, -0.05) is 17.7 Å². The average molecular weight is 484 g/mol. The van der Waals surface area contributed by atoms with Crippen molar-refractivity contribution < 1.29 is 24.0 Å². The Labute approximate surface area is 197 Å². The standard InChI is InChI=1S/C21H20N6O6S/c1-12-4-6-15(13(2)8-12)23-20(30)24-18(28)10-33-19(29)14-5-7-17(16(9-14)27(31)32)34-21-25-22-11-26(21)3/h4-9,11H,10H2,1-3H3,(H2,23,24,28,30). The number of nitrogens with one attached hydrogen (secondary N) is 2. The van der Waals surface area contributed by atoms with Crippen LogP contribution in [0.4, 0.5) is 16.2 Å². The molecule has 0 aliphatic carbocycles. The molecule has 0 aliphatic rings. The third-order valence-electron chi connectivity index (χ3n) is 4.48. The molecule has 0 saturated carbocycles. The molecule has 34 heavy (non-hydrogen) atoms. The molecule has 0 unspecified atom stereocenters. The number of hydrogen-bond donors (Lipinski definition) is 2. The number of nitro groups is 1. The first-order valence-electron chi connectivity index (χ1n) is 9.79. The number of imide groups is 1. The van der Waals surface area contributed by atoms with Gasteiger partial charge in [0.1, 0.15) is 6.33 Å². The Kier molecular flexibility index (Phi) is 7.58. The molecule has 176 valence electrons. The number of anilines is 1. The van der Waals surface area contributed by atoms with E-state index in [4.69, 9.17) is 4.74 Å². The first kappa shape index (κ1) is 24.4. The van der Waals surface area contributed by atoms with Crippen molar-refractivity contribution in [3.05, 3.63) is 69.5 Å². The van der Waals surface area contributed by atoms with Crippen LogP contribution in [0.2, 0.25) is 0 Å². The largest absolute Gasteiger partial charge is 0.452 e. The second-order valence-electron chi connectivity index (χ2n) is 7.16. The van der Waals surface area contributed by atoms with Crippen LogP contribution in [0.25, 0.3) is 0 Å².